The third kappa shape index (κ3) is 3.74. The summed E-state index contributed by atoms with van der Waals surface area (Å²) in [5.41, 5.74) is 2.31. The van der Waals surface area contributed by atoms with E-state index in [1.165, 1.54) is 25.4 Å². The van der Waals surface area contributed by atoms with Crippen molar-refractivity contribution in [3.63, 3.8) is 0 Å². The molecule has 1 aliphatic rings. The average Bonchev–Trinajstić information content (AvgIpc) is 2.96. The van der Waals surface area contributed by atoms with E-state index in [0.29, 0.717) is 22.8 Å². The molecular weight excluding hydrogens is 400 g/mol. The Labute approximate surface area is 170 Å². The molecule has 0 aromatic heterocycles. The van der Waals surface area contributed by atoms with Crippen LogP contribution >= 0.6 is 11.6 Å². The predicted octanol–water partition coefficient (Wildman–Crippen LogP) is 3.47. The molecule has 2 aromatic carbocycles. The number of hydrogen-bond donors (Lipinski definition) is 0. The zero-order valence-corrected chi connectivity index (χ0v) is 17.8. The maximum absolute atomic E-state index is 13.1. The molecule has 0 saturated carbocycles. The number of nitrogens with zero attached hydrogens (tertiary/aromatic N) is 2. The highest BCUT2D eigenvalue weighted by Gasteiger charge is 2.31. The Morgan fingerprint density at radius 2 is 2.00 bits per heavy atom. The summed E-state index contributed by atoms with van der Waals surface area (Å²) in [7, 11) is -0.668. The smallest absolute Gasteiger partial charge is 0.243 e. The molecule has 1 atom stereocenters. The van der Waals surface area contributed by atoms with Crippen molar-refractivity contribution >= 4 is 33.2 Å². The Balaban J connectivity index is 1.91. The van der Waals surface area contributed by atoms with Gasteiger partial charge in [-0.3, -0.25) is 4.79 Å². The monoisotopic (exact) mass is 422 g/mol. The van der Waals surface area contributed by atoms with E-state index >= 15 is 0 Å². The molecule has 1 heterocycles. The zero-order valence-electron chi connectivity index (χ0n) is 16.3. The molecule has 1 unspecified atom stereocenters. The fourth-order valence-electron chi connectivity index (χ4n) is 3.62. The molecule has 2 aromatic rings. The lowest BCUT2D eigenvalue weighted by Gasteiger charge is -2.21. The molecule has 0 bridgehead atoms. The first-order chi connectivity index (χ1) is 13.1. The van der Waals surface area contributed by atoms with Crippen LogP contribution in [0.3, 0.4) is 0 Å². The molecule has 0 saturated heterocycles. The van der Waals surface area contributed by atoms with E-state index in [0.717, 1.165) is 11.3 Å². The number of carbonyl (C=O) groups excluding carboxylic acids is 1. The van der Waals surface area contributed by atoms with Crippen molar-refractivity contribution in [2.45, 2.75) is 37.8 Å². The third-order valence-electron chi connectivity index (χ3n) is 4.95. The van der Waals surface area contributed by atoms with Crippen molar-refractivity contribution in [1.82, 2.24) is 4.31 Å². The molecule has 6 nitrogen and oxygen atoms in total. The van der Waals surface area contributed by atoms with Gasteiger partial charge in [0.05, 0.1) is 12.0 Å². The third-order valence-corrected chi connectivity index (χ3v) is 6.98. The van der Waals surface area contributed by atoms with E-state index in [2.05, 4.69) is 0 Å². The van der Waals surface area contributed by atoms with Gasteiger partial charge < -0.3 is 9.64 Å². The molecule has 0 fully saturated rings. The van der Waals surface area contributed by atoms with Crippen LogP contribution in [-0.2, 0) is 27.8 Å². The number of ether oxygens (including phenoxy) is 1. The molecule has 28 heavy (non-hydrogen) atoms. The number of methoxy groups -OCH3 is 1. The van der Waals surface area contributed by atoms with Crippen LogP contribution < -0.4 is 9.64 Å². The first-order valence-corrected chi connectivity index (χ1v) is 10.7. The zero-order chi connectivity index (χ0) is 20.6. The molecule has 1 aliphatic heterocycles. The highest BCUT2D eigenvalue weighted by atomic mass is 35.5. The minimum Gasteiger partial charge on any atom is -0.496 e. The molecule has 1 amide bonds. The van der Waals surface area contributed by atoms with E-state index in [9.17, 15) is 13.2 Å². The molecule has 3 rings (SSSR count). The molecular formula is C20H23ClN2O4S. The van der Waals surface area contributed by atoms with Crippen molar-refractivity contribution in [2.24, 2.45) is 0 Å². The van der Waals surface area contributed by atoms with Crippen molar-refractivity contribution < 1.29 is 17.9 Å². The second-order valence-corrected chi connectivity index (χ2v) is 9.43. The van der Waals surface area contributed by atoms with Crippen LogP contribution in [0.4, 0.5) is 5.69 Å². The summed E-state index contributed by atoms with van der Waals surface area (Å²) in [6.45, 7) is 3.59. The van der Waals surface area contributed by atoms with Crippen LogP contribution in [0, 0.1) is 0 Å². The number of carbonyl (C=O) groups is 1. The lowest BCUT2D eigenvalue weighted by molar-refractivity contribution is -0.116. The van der Waals surface area contributed by atoms with Gasteiger partial charge in [-0.2, -0.15) is 4.31 Å². The maximum atomic E-state index is 13.1. The van der Waals surface area contributed by atoms with Gasteiger partial charge in [0.1, 0.15) is 5.75 Å². The van der Waals surface area contributed by atoms with Crippen LogP contribution in [0.25, 0.3) is 0 Å². The van der Waals surface area contributed by atoms with Gasteiger partial charge in [0.15, 0.2) is 0 Å². The van der Waals surface area contributed by atoms with E-state index in [1.54, 1.807) is 41.3 Å². The highest BCUT2D eigenvalue weighted by molar-refractivity contribution is 7.89. The number of halogens is 1. The first-order valence-electron chi connectivity index (χ1n) is 8.86. The van der Waals surface area contributed by atoms with E-state index < -0.39 is 10.0 Å². The highest BCUT2D eigenvalue weighted by Crippen LogP contribution is 2.35. The van der Waals surface area contributed by atoms with E-state index in [4.69, 9.17) is 16.3 Å². The second kappa shape index (κ2) is 7.73. The summed E-state index contributed by atoms with van der Waals surface area (Å²) >= 11 is 6.05. The second-order valence-electron chi connectivity index (χ2n) is 6.95. The summed E-state index contributed by atoms with van der Waals surface area (Å²) in [6.07, 6.45) is 0.629. The van der Waals surface area contributed by atoms with Gasteiger partial charge in [0.2, 0.25) is 15.9 Å². The lowest BCUT2D eigenvalue weighted by Crippen LogP contribution is -2.33. The Morgan fingerprint density at radius 3 is 2.64 bits per heavy atom. The molecule has 8 heteroatoms. The van der Waals surface area contributed by atoms with Gasteiger partial charge in [-0.15, -0.1) is 0 Å². The van der Waals surface area contributed by atoms with Crippen LogP contribution in [0.5, 0.6) is 5.75 Å². The molecule has 150 valence electrons. The largest absolute Gasteiger partial charge is 0.496 e. The topological polar surface area (TPSA) is 66.9 Å². The fraction of sp³-hybridized carbons (Fsp3) is 0.350. The summed E-state index contributed by atoms with van der Waals surface area (Å²) in [4.78, 5) is 13.8. The van der Waals surface area contributed by atoms with Crippen LogP contribution in [-0.4, -0.2) is 38.8 Å². The maximum Gasteiger partial charge on any atom is 0.243 e. The van der Waals surface area contributed by atoms with Crippen molar-refractivity contribution in [3.05, 3.63) is 52.5 Å². The van der Waals surface area contributed by atoms with Gasteiger partial charge in [-0.25, -0.2) is 8.42 Å². The number of amides is 1. The Morgan fingerprint density at radius 1 is 1.29 bits per heavy atom. The quantitative estimate of drug-likeness (QED) is 0.740. The summed E-state index contributed by atoms with van der Waals surface area (Å²) in [6, 6.07) is 10.0. The summed E-state index contributed by atoms with van der Waals surface area (Å²) in [5, 5.41) is 0.512. The lowest BCUT2D eigenvalue weighted by atomic mass is 10.1. The Bertz CT molecular complexity index is 1020. The van der Waals surface area contributed by atoms with Gasteiger partial charge in [0.25, 0.3) is 0 Å². The predicted molar refractivity (Wildman–Crippen MR) is 109 cm³/mol. The molecule has 0 N–H and O–H groups in total. The Kier molecular flexibility index (Phi) is 5.70. The number of anilines is 1. The van der Waals surface area contributed by atoms with Gasteiger partial charge in [-0.05, 0) is 55.3 Å². The van der Waals surface area contributed by atoms with Crippen molar-refractivity contribution in [2.75, 3.05) is 19.1 Å². The minimum absolute atomic E-state index is 0.0129. The first kappa shape index (κ1) is 20.6. The van der Waals surface area contributed by atoms with Crippen LogP contribution in [0.1, 0.15) is 25.0 Å². The Hall–Kier alpha value is -2.09. The minimum atomic E-state index is -3.72. The summed E-state index contributed by atoms with van der Waals surface area (Å²) < 4.78 is 32.8. The molecule has 0 spiro atoms. The normalized spacial score (nSPS) is 16.4. The fourth-order valence-corrected chi connectivity index (χ4v) is 5.02. The summed E-state index contributed by atoms with van der Waals surface area (Å²) in [5.74, 6) is 0.526. The van der Waals surface area contributed by atoms with Gasteiger partial charge in [-0.1, -0.05) is 11.6 Å². The number of hydrogen-bond acceptors (Lipinski definition) is 4. The van der Waals surface area contributed by atoms with Crippen LogP contribution in [0.2, 0.25) is 5.02 Å². The van der Waals surface area contributed by atoms with E-state index in [1.807, 2.05) is 6.92 Å². The van der Waals surface area contributed by atoms with Crippen molar-refractivity contribution in [1.29, 1.82) is 0 Å². The van der Waals surface area contributed by atoms with Crippen molar-refractivity contribution in [3.8, 4) is 5.75 Å². The number of benzene rings is 2. The standard InChI is InChI=1S/C20H23ClN2O4S/c1-13-9-15-11-18(6-7-19(15)23(13)14(2)24)28(25,26)22(3)12-16-10-17(21)5-8-20(16)27-4/h5-8,10-11,13H,9,12H2,1-4H3. The number of sulfonamides is 1. The molecule has 0 aliphatic carbocycles. The van der Waals surface area contributed by atoms with Crippen LogP contribution in [0.15, 0.2) is 41.3 Å². The number of fused-ring (bicyclic) bond motifs is 1. The average molecular weight is 423 g/mol. The van der Waals surface area contributed by atoms with Gasteiger partial charge in [0, 0.05) is 42.8 Å². The van der Waals surface area contributed by atoms with Gasteiger partial charge >= 0.3 is 0 Å². The molecule has 0 radical (unpaired) electrons. The van der Waals surface area contributed by atoms with E-state index in [-0.39, 0.29) is 23.4 Å². The number of rotatable bonds is 5. The SMILES string of the molecule is COc1ccc(Cl)cc1CN(C)S(=O)(=O)c1ccc2c(c1)CC(C)N2C(C)=O.